The Kier molecular flexibility index (Phi) is 4.28. The average Bonchev–Trinajstić information content (AvgIpc) is 2.26. The van der Waals surface area contributed by atoms with E-state index < -0.39 is 0 Å². The van der Waals surface area contributed by atoms with Crippen LogP contribution in [-0.4, -0.2) is 42.4 Å². The molecule has 0 aliphatic heterocycles. The molecule has 0 aromatic carbocycles. The molecular formula is C12H19N3O2. The molecule has 1 saturated carbocycles. The van der Waals surface area contributed by atoms with Crippen LogP contribution in [0.1, 0.15) is 18.5 Å². The SMILES string of the molecule is COCCOC1CC(Nc2cc(C)ncn2)C1. The van der Waals surface area contributed by atoms with E-state index in [0.717, 1.165) is 24.4 Å². The summed E-state index contributed by atoms with van der Waals surface area (Å²) in [4.78, 5) is 8.24. The number of nitrogens with one attached hydrogen (secondary N) is 1. The summed E-state index contributed by atoms with van der Waals surface area (Å²) in [5.41, 5.74) is 0.981. The second-order valence-corrected chi connectivity index (χ2v) is 4.34. The number of hydrogen-bond donors (Lipinski definition) is 1. The van der Waals surface area contributed by atoms with Gasteiger partial charge in [-0.3, -0.25) is 0 Å². The first-order chi connectivity index (χ1) is 8.28. The van der Waals surface area contributed by atoms with E-state index in [1.807, 2.05) is 13.0 Å². The molecule has 5 heteroatoms. The van der Waals surface area contributed by atoms with Gasteiger partial charge in [-0.1, -0.05) is 0 Å². The largest absolute Gasteiger partial charge is 0.382 e. The van der Waals surface area contributed by atoms with Crippen LogP contribution in [0.3, 0.4) is 0 Å². The normalized spacial score (nSPS) is 23.2. The molecule has 0 atom stereocenters. The van der Waals surface area contributed by atoms with Crippen LogP contribution < -0.4 is 5.32 Å². The minimum absolute atomic E-state index is 0.366. The van der Waals surface area contributed by atoms with Crippen molar-refractivity contribution in [2.45, 2.75) is 31.9 Å². The van der Waals surface area contributed by atoms with Crippen molar-refractivity contribution >= 4 is 5.82 Å². The molecule has 1 aromatic heterocycles. The van der Waals surface area contributed by atoms with Crippen LogP contribution in [-0.2, 0) is 9.47 Å². The van der Waals surface area contributed by atoms with Crippen LogP contribution in [0, 0.1) is 6.92 Å². The molecule has 1 fully saturated rings. The quantitative estimate of drug-likeness (QED) is 0.758. The van der Waals surface area contributed by atoms with Gasteiger partial charge in [-0.05, 0) is 19.8 Å². The molecule has 0 saturated heterocycles. The summed E-state index contributed by atoms with van der Waals surface area (Å²) in [6.45, 7) is 3.31. The summed E-state index contributed by atoms with van der Waals surface area (Å²) in [6.07, 6.45) is 4.02. The fraction of sp³-hybridized carbons (Fsp3) is 0.667. The Hall–Kier alpha value is -1.20. The summed E-state index contributed by atoms with van der Waals surface area (Å²) in [7, 11) is 1.69. The molecule has 0 amide bonds. The van der Waals surface area contributed by atoms with Crippen LogP contribution in [0.5, 0.6) is 0 Å². The monoisotopic (exact) mass is 237 g/mol. The molecule has 5 nitrogen and oxygen atoms in total. The Morgan fingerprint density at radius 1 is 1.35 bits per heavy atom. The lowest BCUT2D eigenvalue weighted by molar-refractivity contribution is -0.0261. The predicted molar refractivity (Wildman–Crippen MR) is 65.0 cm³/mol. The number of ether oxygens (including phenoxy) is 2. The van der Waals surface area contributed by atoms with Crippen molar-refractivity contribution in [1.82, 2.24) is 9.97 Å². The van der Waals surface area contributed by atoms with Gasteiger partial charge in [0.05, 0.1) is 19.3 Å². The lowest BCUT2D eigenvalue weighted by atomic mass is 9.89. The number of aromatic nitrogens is 2. The molecule has 0 unspecified atom stereocenters. The molecule has 2 rings (SSSR count). The molecule has 1 heterocycles. The van der Waals surface area contributed by atoms with Crippen molar-refractivity contribution in [2.75, 3.05) is 25.6 Å². The third-order valence-electron chi connectivity index (χ3n) is 2.89. The third kappa shape index (κ3) is 3.64. The maximum Gasteiger partial charge on any atom is 0.129 e. The van der Waals surface area contributed by atoms with Gasteiger partial charge in [0, 0.05) is 24.9 Å². The van der Waals surface area contributed by atoms with Crippen molar-refractivity contribution in [3.63, 3.8) is 0 Å². The van der Waals surface area contributed by atoms with E-state index >= 15 is 0 Å². The highest BCUT2D eigenvalue weighted by Crippen LogP contribution is 2.26. The Balaban J connectivity index is 1.67. The van der Waals surface area contributed by atoms with Crippen LogP contribution >= 0.6 is 0 Å². The van der Waals surface area contributed by atoms with Gasteiger partial charge in [-0.2, -0.15) is 0 Å². The zero-order valence-electron chi connectivity index (χ0n) is 10.3. The first-order valence-corrected chi connectivity index (χ1v) is 5.93. The minimum Gasteiger partial charge on any atom is -0.382 e. The predicted octanol–water partition coefficient (Wildman–Crippen LogP) is 1.39. The number of nitrogens with zero attached hydrogens (tertiary/aromatic N) is 2. The number of methoxy groups -OCH3 is 1. The molecule has 0 radical (unpaired) electrons. The molecule has 0 bridgehead atoms. The molecule has 17 heavy (non-hydrogen) atoms. The van der Waals surface area contributed by atoms with E-state index in [9.17, 15) is 0 Å². The van der Waals surface area contributed by atoms with Crippen molar-refractivity contribution < 1.29 is 9.47 Å². The van der Waals surface area contributed by atoms with E-state index in [4.69, 9.17) is 9.47 Å². The fourth-order valence-corrected chi connectivity index (χ4v) is 1.86. The zero-order valence-corrected chi connectivity index (χ0v) is 10.3. The second kappa shape index (κ2) is 5.93. The number of hydrogen-bond acceptors (Lipinski definition) is 5. The van der Waals surface area contributed by atoms with Gasteiger partial charge in [-0.25, -0.2) is 9.97 Å². The van der Waals surface area contributed by atoms with Crippen molar-refractivity contribution in [3.8, 4) is 0 Å². The van der Waals surface area contributed by atoms with Crippen LogP contribution in [0.4, 0.5) is 5.82 Å². The van der Waals surface area contributed by atoms with Gasteiger partial charge in [-0.15, -0.1) is 0 Å². The second-order valence-electron chi connectivity index (χ2n) is 4.34. The molecule has 0 spiro atoms. The summed E-state index contributed by atoms with van der Waals surface area (Å²) in [5, 5.41) is 3.38. The lowest BCUT2D eigenvalue weighted by Crippen LogP contribution is -2.41. The average molecular weight is 237 g/mol. The highest BCUT2D eigenvalue weighted by molar-refractivity contribution is 5.36. The highest BCUT2D eigenvalue weighted by atomic mass is 16.5. The molecule has 1 N–H and O–H groups in total. The first kappa shape index (κ1) is 12.3. The summed E-state index contributed by atoms with van der Waals surface area (Å²) < 4.78 is 10.6. The van der Waals surface area contributed by atoms with Crippen LogP contribution in [0.15, 0.2) is 12.4 Å². The summed E-state index contributed by atoms with van der Waals surface area (Å²) in [5.74, 6) is 0.901. The highest BCUT2D eigenvalue weighted by Gasteiger charge is 2.29. The van der Waals surface area contributed by atoms with E-state index in [1.54, 1.807) is 13.4 Å². The third-order valence-corrected chi connectivity index (χ3v) is 2.89. The van der Waals surface area contributed by atoms with Gasteiger partial charge >= 0.3 is 0 Å². The molecule has 1 aromatic rings. The fourth-order valence-electron chi connectivity index (χ4n) is 1.86. The first-order valence-electron chi connectivity index (χ1n) is 5.93. The lowest BCUT2D eigenvalue weighted by Gasteiger charge is -2.35. The van der Waals surface area contributed by atoms with Gasteiger partial charge in [0.15, 0.2) is 0 Å². The number of aryl methyl sites for hydroxylation is 1. The van der Waals surface area contributed by atoms with Crippen molar-refractivity contribution in [1.29, 1.82) is 0 Å². The van der Waals surface area contributed by atoms with Crippen LogP contribution in [0.2, 0.25) is 0 Å². The molecule has 94 valence electrons. The summed E-state index contributed by atoms with van der Waals surface area (Å²) >= 11 is 0. The Labute approximate surface area is 102 Å². The Morgan fingerprint density at radius 3 is 2.88 bits per heavy atom. The maximum atomic E-state index is 5.61. The van der Waals surface area contributed by atoms with Gasteiger partial charge < -0.3 is 14.8 Å². The zero-order chi connectivity index (χ0) is 12.1. The smallest absolute Gasteiger partial charge is 0.129 e. The Bertz CT molecular complexity index is 353. The maximum absolute atomic E-state index is 5.61. The number of rotatable bonds is 6. The minimum atomic E-state index is 0.366. The van der Waals surface area contributed by atoms with Crippen molar-refractivity contribution in [2.24, 2.45) is 0 Å². The van der Waals surface area contributed by atoms with Gasteiger partial charge in [0.2, 0.25) is 0 Å². The molecular weight excluding hydrogens is 218 g/mol. The molecule has 1 aliphatic carbocycles. The van der Waals surface area contributed by atoms with E-state index in [2.05, 4.69) is 15.3 Å². The number of anilines is 1. The Morgan fingerprint density at radius 2 is 2.18 bits per heavy atom. The van der Waals surface area contributed by atoms with Gasteiger partial charge in [0.1, 0.15) is 12.1 Å². The van der Waals surface area contributed by atoms with Gasteiger partial charge in [0.25, 0.3) is 0 Å². The van der Waals surface area contributed by atoms with Crippen molar-refractivity contribution in [3.05, 3.63) is 18.1 Å². The topological polar surface area (TPSA) is 56.3 Å². The van der Waals surface area contributed by atoms with Crippen LogP contribution in [0.25, 0.3) is 0 Å². The summed E-state index contributed by atoms with van der Waals surface area (Å²) in [6, 6.07) is 2.43. The van der Waals surface area contributed by atoms with E-state index in [-0.39, 0.29) is 0 Å². The standard InChI is InChI=1S/C12H19N3O2/c1-9-5-12(14-8-13-9)15-10-6-11(7-10)17-4-3-16-2/h5,8,10-11H,3-4,6-7H2,1-2H3,(H,13,14,15). The molecule has 1 aliphatic rings. The van der Waals surface area contributed by atoms with E-state index in [0.29, 0.717) is 25.4 Å². The van der Waals surface area contributed by atoms with E-state index in [1.165, 1.54) is 0 Å².